The summed E-state index contributed by atoms with van der Waals surface area (Å²) in [5.41, 5.74) is 0.291. The molecule has 0 fully saturated rings. The van der Waals surface area contributed by atoms with Gasteiger partial charge in [0, 0.05) is 0 Å². The average Bonchev–Trinajstić information content (AvgIpc) is 2.02. The van der Waals surface area contributed by atoms with Crippen molar-refractivity contribution in [2.75, 3.05) is 0 Å². The third-order valence-electron chi connectivity index (χ3n) is 1.69. The second kappa shape index (κ2) is 6.31. The van der Waals surface area contributed by atoms with Crippen LogP contribution in [0.4, 0.5) is 0 Å². The van der Waals surface area contributed by atoms with E-state index in [1.165, 1.54) is 17.7 Å². The summed E-state index contributed by atoms with van der Waals surface area (Å²) in [7, 11) is 0. The number of thioether (sulfide) groups is 1. The minimum atomic E-state index is 0.291. The summed E-state index contributed by atoms with van der Waals surface area (Å²) >= 11 is 1.85. The van der Waals surface area contributed by atoms with Gasteiger partial charge in [0.1, 0.15) is 0 Å². The molecule has 0 rings (SSSR count). The van der Waals surface area contributed by atoms with Crippen LogP contribution in [0.3, 0.4) is 0 Å². The predicted octanol–water partition coefficient (Wildman–Crippen LogP) is 4.98. The Balaban J connectivity index is 4.36. The third-order valence-corrected chi connectivity index (χ3v) is 3.13. The molecule has 0 saturated heterocycles. The van der Waals surface area contributed by atoms with Gasteiger partial charge in [-0.2, -0.15) is 0 Å². The van der Waals surface area contributed by atoms with Gasteiger partial charge >= 0.3 is 0 Å². The molecule has 0 aliphatic heterocycles. The summed E-state index contributed by atoms with van der Waals surface area (Å²) in [4.78, 5) is 1.48. The molecule has 0 amide bonds. The average molecular weight is 198 g/mol. The van der Waals surface area contributed by atoms with E-state index < -0.39 is 0 Å². The minimum absolute atomic E-state index is 0.291. The molecule has 0 aliphatic carbocycles. The van der Waals surface area contributed by atoms with Crippen LogP contribution >= 0.6 is 11.8 Å². The molecule has 0 spiro atoms. The zero-order valence-corrected chi connectivity index (χ0v) is 10.4. The maximum Gasteiger partial charge on any atom is -0.00719 e. The molecule has 0 aliphatic rings. The number of hydrogen-bond acceptors (Lipinski definition) is 1. The smallest absolute Gasteiger partial charge is 0.00719 e. The van der Waals surface area contributed by atoms with Gasteiger partial charge in [0.2, 0.25) is 0 Å². The van der Waals surface area contributed by atoms with Gasteiger partial charge in [-0.3, -0.25) is 0 Å². The molecular weight excluding hydrogens is 176 g/mol. The van der Waals surface area contributed by atoms with E-state index in [2.05, 4.69) is 52.2 Å². The Morgan fingerprint density at radius 1 is 1.31 bits per heavy atom. The monoisotopic (exact) mass is 198 g/mol. The van der Waals surface area contributed by atoms with Crippen LogP contribution in [-0.4, -0.2) is 0 Å². The topological polar surface area (TPSA) is 0 Å². The molecule has 0 radical (unpaired) electrons. The Morgan fingerprint density at radius 3 is 2.31 bits per heavy atom. The van der Waals surface area contributed by atoms with Gasteiger partial charge in [-0.25, -0.2) is 0 Å². The second-order valence-corrected chi connectivity index (χ2v) is 5.14. The van der Waals surface area contributed by atoms with E-state index in [0.717, 1.165) is 0 Å². The standard InChI is InChI=1S/C12H22S/c1-6-8-9-11(12(3,4)5)13-10-7-2/h7,9-10H,6,8H2,1-5H3. The van der Waals surface area contributed by atoms with Gasteiger partial charge in [-0.15, -0.1) is 11.8 Å². The van der Waals surface area contributed by atoms with Crippen molar-refractivity contribution in [2.45, 2.75) is 47.5 Å². The van der Waals surface area contributed by atoms with E-state index >= 15 is 0 Å². The normalized spacial score (nSPS) is 14.1. The molecule has 1 heteroatoms. The maximum atomic E-state index is 2.37. The van der Waals surface area contributed by atoms with Crippen LogP contribution in [0.5, 0.6) is 0 Å². The number of hydrogen-bond donors (Lipinski definition) is 0. The molecule has 13 heavy (non-hydrogen) atoms. The fourth-order valence-corrected chi connectivity index (χ4v) is 1.80. The molecule has 76 valence electrons. The Morgan fingerprint density at radius 2 is 1.92 bits per heavy atom. The molecule has 0 atom stereocenters. The zero-order chi connectivity index (χ0) is 10.3. The lowest BCUT2D eigenvalue weighted by Crippen LogP contribution is -2.06. The lowest BCUT2D eigenvalue weighted by molar-refractivity contribution is 0.531. The minimum Gasteiger partial charge on any atom is -0.103 e. The van der Waals surface area contributed by atoms with Crippen LogP contribution in [-0.2, 0) is 0 Å². The summed E-state index contributed by atoms with van der Waals surface area (Å²) in [6.45, 7) is 11.1. The Hall–Kier alpha value is -0.170. The Labute approximate surface area is 87.5 Å². The van der Waals surface area contributed by atoms with E-state index in [9.17, 15) is 0 Å². The van der Waals surface area contributed by atoms with Crippen LogP contribution in [0.1, 0.15) is 47.5 Å². The lowest BCUT2D eigenvalue weighted by Gasteiger charge is -2.21. The molecule has 0 N–H and O–H groups in total. The molecule has 0 aromatic rings. The lowest BCUT2D eigenvalue weighted by atomic mass is 9.95. The summed E-state index contributed by atoms with van der Waals surface area (Å²) < 4.78 is 0. The van der Waals surface area contributed by atoms with Crippen LogP contribution in [0.25, 0.3) is 0 Å². The maximum absolute atomic E-state index is 2.37. The highest BCUT2D eigenvalue weighted by Crippen LogP contribution is 2.35. The van der Waals surface area contributed by atoms with Crippen LogP contribution in [0, 0.1) is 5.41 Å². The van der Waals surface area contributed by atoms with Crippen LogP contribution < -0.4 is 0 Å². The van der Waals surface area contributed by atoms with Crippen molar-refractivity contribution < 1.29 is 0 Å². The van der Waals surface area contributed by atoms with Crippen molar-refractivity contribution in [3.63, 3.8) is 0 Å². The first kappa shape index (κ1) is 12.8. The zero-order valence-electron chi connectivity index (χ0n) is 9.55. The highest BCUT2D eigenvalue weighted by molar-refractivity contribution is 8.05. The SMILES string of the molecule is CC=CSC(=CCCC)C(C)(C)C. The van der Waals surface area contributed by atoms with Crippen molar-refractivity contribution in [1.82, 2.24) is 0 Å². The Kier molecular flexibility index (Phi) is 6.23. The van der Waals surface area contributed by atoms with Crippen LogP contribution in [0.15, 0.2) is 22.5 Å². The van der Waals surface area contributed by atoms with E-state index in [-0.39, 0.29) is 0 Å². The van der Waals surface area contributed by atoms with Crippen molar-refractivity contribution in [3.05, 3.63) is 22.5 Å². The quantitative estimate of drug-likeness (QED) is 0.613. The van der Waals surface area contributed by atoms with Gasteiger partial charge in [0.15, 0.2) is 0 Å². The molecule has 0 nitrogen and oxygen atoms in total. The fraction of sp³-hybridized carbons (Fsp3) is 0.667. The third kappa shape index (κ3) is 5.98. The molecule has 0 aromatic carbocycles. The fourth-order valence-electron chi connectivity index (χ4n) is 0.948. The highest BCUT2D eigenvalue weighted by atomic mass is 32.2. The molecule has 0 unspecified atom stereocenters. The Bertz CT molecular complexity index is 182. The first-order valence-electron chi connectivity index (χ1n) is 5.00. The second-order valence-electron chi connectivity index (χ2n) is 4.19. The van der Waals surface area contributed by atoms with E-state index in [1.807, 2.05) is 11.8 Å². The predicted molar refractivity (Wildman–Crippen MR) is 64.9 cm³/mol. The summed E-state index contributed by atoms with van der Waals surface area (Å²) in [6.07, 6.45) is 6.88. The van der Waals surface area contributed by atoms with Gasteiger partial charge in [0.05, 0.1) is 0 Å². The van der Waals surface area contributed by atoms with E-state index in [1.54, 1.807) is 0 Å². The largest absolute Gasteiger partial charge is 0.103 e. The van der Waals surface area contributed by atoms with Gasteiger partial charge in [-0.05, 0) is 29.1 Å². The molecule has 0 saturated carbocycles. The van der Waals surface area contributed by atoms with Crippen LogP contribution in [0.2, 0.25) is 0 Å². The first-order chi connectivity index (χ1) is 6.02. The van der Waals surface area contributed by atoms with E-state index in [4.69, 9.17) is 0 Å². The number of unbranched alkanes of at least 4 members (excludes halogenated alkanes) is 1. The van der Waals surface area contributed by atoms with Crippen molar-refractivity contribution in [2.24, 2.45) is 5.41 Å². The molecule has 0 aromatic heterocycles. The van der Waals surface area contributed by atoms with Crippen molar-refractivity contribution in [3.8, 4) is 0 Å². The number of allylic oxidation sites excluding steroid dienone is 3. The highest BCUT2D eigenvalue weighted by Gasteiger charge is 2.15. The van der Waals surface area contributed by atoms with Gasteiger partial charge < -0.3 is 0 Å². The van der Waals surface area contributed by atoms with Crippen molar-refractivity contribution in [1.29, 1.82) is 0 Å². The summed E-state index contributed by atoms with van der Waals surface area (Å²) in [5, 5.41) is 2.16. The van der Waals surface area contributed by atoms with Crippen molar-refractivity contribution >= 4 is 11.8 Å². The summed E-state index contributed by atoms with van der Waals surface area (Å²) in [5.74, 6) is 0. The van der Waals surface area contributed by atoms with Gasteiger partial charge in [-0.1, -0.05) is 46.3 Å². The van der Waals surface area contributed by atoms with Gasteiger partial charge in [0.25, 0.3) is 0 Å². The molecule has 0 heterocycles. The number of rotatable bonds is 4. The molecular formula is C12H22S. The summed E-state index contributed by atoms with van der Waals surface area (Å²) in [6, 6.07) is 0. The first-order valence-corrected chi connectivity index (χ1v) is 5.88. The molecule has 0 bridgehead atoms. The van der Waals surface area contributed by atoms with E-state index in [0.29, 0.717) is 5.41 Å².